The molecule has 0 aliphatic heterocycles. The van der Waals surface area contributed by atoms with Crippen molar-refractivity contribution in [3.05, 3.63) is 29.8 Å². The Balaban J connectivity index is 2.73. The van der Waals surface area contributed by atoms with E-state index in [4.69, 9.17) is 0 Å². The molecule has 2 N–H and O–H groups in total. The second-order valence-electron chi connectivity index (χ2n) is 4.30. The van der Waals surface area contributed by atoms with Crippen LogP contribution in [-0.4, -0.2) is 41.3 Å². The van der Waals surface area contributed by atoms with Gasteiger partial charge in [0.2, 0.25) is 0 Å². The fraction of sp³-hybridized carbons (Fsp3) is 0.462. The average molecular weight is 269 g/mol. The summed E-state index contributed by atoms with van der Waals surface area (Å²) in [5, 5.41) is 19.8. The monoisotopic (exact) mass is 269 g/mol. The molecule has 0 fully saturated rings. The SMILES string of the molecule is CC(=O)SCC(O)C(O)c1cccc(N(C)C)c1. The zero-order chi connectivity index (χ0) is 13.7. The van der Waals surface area contributed by atoms with Gasteiger partial charge in [0.25, 0.3) is 0 Å². The molecule has 100 valence electrons. The normalized spacial score (nSPS) is 14.1. The van der Waals surface area contributed by atoms with Crippen molar-refractivity contribution in [1.82, 2.24) is 0 Å². The Labute approximate surface area is 112 Å². The van der Waals surface area contributed by atoms with E-state index < -0.39 is 12.2 Å². The highest BCUT2D eigenvalue weighted by Crippen LogP contribution is 2.23. The van der Waals surface area contributed by atoms with Crippen LogP contribution in [0.5, 0.6) is 0 Å². The molecule has 4 nitrogen and oxygen atoms in total. The Morgan fingerprint density at radius 3 is 2.61 bits per heavy atom. The fourth-order valence-corrected chi connectivity index (χ4v) is 2.09. The van der Waals surface area contributed by atoms with E-state index in [0.717, 1.165) is 17.4 Å². The van der Waals surface area contributed by atoms with Crippen LogP contribution in [0.4, 0.5) is 5.69 Å². The summed E-state index contributed by atoms with van der Waals surface area (Å²) in [5.41, 5.74) is 1.61. The Kier molecular flexibility index (Phi) is 5.65. The molecule has 1 aromatic rings. The highest BCUT2D eigenvalue weighted by molar-refractivity contribution is 8.13. The number of hydrogen-bond donors (Lipinski definition) is 2. The first-order valence-electron chi connectivity index (χ1n) is 5.68. The van der Waals surface area contributed by atoms with E-state index in [-0.39, 0.29) is 10.9 Å². The maximum Gasteiger partial charge on any atom is 0.185 e. The Hall–Kier alpha value is -1.04. The van der Waals surface area contributed by atoms with Crippen LogP contribution >= 0.6 is 11.8 Å². The van der Waals surface area contributed by atoms with Crippen molar-refractivity contribution in [1.29, 1.82) is 0 Å². The number of anilines is 1. The van der Waals surface area contributed by atoms with Gasteiger partial charge in [0.15, 0.2) is 5.12 Å². The average Bonchev–Trinajstić information content (AvgIpc) is 2.35. The molecule has 0 amide bonds. The molecule has 0 radical (unpaired) electrons. The first kappa shape index (κ1) is 15.0. The first-order valence-corrected chi connectivity index (χ1v) is 6.67. The maximum absolute atomic E-state index is 10.8. The topological polar surface area (TPSA) is 60.8 Å². The molecule has 0 saturated carbocycles. The van der Waals surface area contributed by atoms with Crippen LogP contribution < -0.4 is 4.90 Å². The van der Waals surface area contributed by atoms with Gasteiger partial charge in [-0.2, -0.15) is 0 Å². The summed E-state index contributed by atoms with van der Waals surface area (Å²) in [6, 6.07) is 7.34. The number of benzene rings is 1. The Morgan fingerprint density at radius 1 is 1.39 bits per heavy atom. The molecule has 0 aliphatic carbocycles. The molecule has 2 atom stereocenters. The van der Waals surface area contributed by atoms with Gasteiger partial charge in [0.1, 0.15) is 6.10 Å². The molecule has 0 bridgehead atoms. The van der Waals surface area contributed by atoms with E-state index in [1.165, 1.54) is 6.92 Å². The number of aliphatic hydroxyl groups is 2. The van der Waals surface area contributed by atoms with Crippen LogP contribution in [0, 0.1) is 0 Å². The van der Waals surface area contributed by atoms with Crippen LogP contribution in [0.2, 0.25) is 0 Å². The van der Waals surface area contributed by atoms with Gasteiger partial charge in [-0.05, 0) is 17.7 Å². The van der Waals surface area contributed by atoms with Crippen LogP contribution in [0.15, 0.2) is 24.3 Å². The summed E-state index contributed by atoms with van der Waals surface area (Å²) < 4.78 is 0. The summed E-state index contributed by atoms with van der Waals surface area (Å²) in [6.45, 7) is 1.44. The number of nitrogens with zero attached hydrogens (tertiary/aromatic N) is 1. The molecule has 0 aromatic heterocycles. The second-order valence-corrected chi connectivity index (χ2v) is 5.50. The number of rotatable bonds is 5. The number of aliphatic hydroxyl groups excluding tert-OH is 2. The van der Waals surface area contributed by atoms with Crippen molar-refractivity contribution < 1.29 is 15.0 Å². The summed E-state index contributed by atoms with van der Waals surface area (Å²) in [5.74, 6) is 0.197. The molecule has 1 aromatic carbocycles. The maximum atomic E-state index is 10.8. The highest BCUT2D eigenvalue weighted by atomic mass is 32.2. The molecule has 0 saturated heterocycles. The van der Waals surface area contributed by atoms with Gasteiger partial charge < -0.3 is 15.1 Å². The van der Waals surface area contributed by atoms with Crippen LogP contribution in [0.3, 0.4) is 0 Å². The van der Waals surface area contributed by atoms with Crippen molar-refractivity contribution in [2.45, 2.75) is 19.1 Å². The number of hydrogen-bond acceptors (Lipinski definition) is 5. The lowest BCUT2D eigenvalue weighted by molar-refractivity contribution is -0.109. The predicted octanol–water partition coefficient (Wildman–Crippen LogP) is 1.43. The number of carbonyl (C=O) groups is 1. The highest BCUT2D eigenvalue weighted by Gasteiger charge is 2.19. The van der Waals surface area contributed by atoms with E-state index in [1.54, 1.807) is 6.07 Å². The number of thioether (sulfide) groups is 1. The third-order valence-corrected chi connectivity index (χ3v) is 3.46. The van der Waals surface area contributed by atoms with E-state index >= 15 is 0 Å². The quantitative estimate of drug-likeness (QED) is 0.846. The molecular weight excluding hydrogens is 250 g/mol. The second kappa shape index (κ2) is 6.78. The minimum atomic E-state index is -0.975. The molecule has 0 aliphatic rings. The lowest BCUT2D eigenvalue weighted by Crippen LogP contribution is -2.21. The van der Waals surface area contributed by atoms with Crippen molar-refractivity contribution >= 4 is 22.6 Å². The third kappa shape index (κ3) is 4.33. The number of carbonyl (C=O) groups excluding carboxylic acids is 1. The van der Waals surface area contributed by atoms with Gasteiger partial charge in [0.05, 0.1) is 6.10 Å². The molecular formula is C13H19NO3S. The van der Waals surface area contributed by atoms with Crippen molar-refractivity contribution in [2.24, 2.45) is 0 Å². The molecule has 5 heteroatoms. The van der Waals surface area contributed by atoms with Gasteiger partial charge in [-0.3, -0.25) is 4.79 Å². The van der Waals surface area contributed by atoms with Gasteiger partial charge in [0, 0.05) is 32.5 Å². The van der Waals surface area contributed by atoms with E-state index in [0.29, 0.717) is 5.56 Å². The van der Waals surface area contributed by atoms with Crippen LogP contribution in [0.25, 0.3) is 0 Å². The lowest BCUT2D eigenvalue weighted by Gasteiger charge is -2.19. The molecule has 18 heavy (non-hydrogen) atoms. The molecule has 2 unspecified atom stereocenters. The van der Waals surface area contributed by atoms with E-state index in [9.17, 15) is 15.0 Å². The zero-order valence-electron chi connectivity index (χ0n) is 10.8. The van der Waals surface area contributed by atoms with Gasteiger partial charge in [-0.25, -0.2) is 0 Å². The Bertz CT molecular complexity index is 409. The summed E-state index contributed by atoms with van der Waals surface area (Å²) >= 11 is 1.01. The van der Waals surface area contributed by atoms with Crippen molar-refractivity contribution in [3.8, 4) is 0 Å². The lowest BCUT2D eigenvalue weighted by atomic mass is 10.0. The summed E-state index contributed by atoms with van der Waals surface area (Å²) in [6.07, 6.45) is -1.92. The minimum absolute atomic E-state index is 0.0664. The van der Waals surface area contributed by atoms with Crippen LogP contribution in [0.1, 0.15) is 18.6 Å². The fourth-order valence-electron chi connectivity index (χ4n) is 1.50. The minimum Gasteiger partial charge on any atom is -0.389 e. The summed E-state index contributed by atoms with van der Waals surface area (Å²) in [7, 11) is 3.82. The zero-order valence-corrected chi connectivity index (χ0v) is 11.6. The largest absolute Gasteiger partial charge is 0.389 e. The smallest absolute Gasteiger partial charge is 0.185 e. The standard InChI is InChI=1S/C13H19NO3S/c1-9(15)18-8-12(16)13(17)10-5-4-6-11(7-10)14(2)3/h4-7,12-13,16-17H,8H2,1-3H3. The Morgan fingerprint density at radius 2 is 2.06 bits per heavy atom. The van der Waals surface area contributed by atoms with Gasteiger partial charge in [-0.15, -0.1) is 0 Å². The van der Waals surface area contributed by atoms with Gasteiger partial charge >= 0.3 is 0 Å². The summed E-state index contributed by atoms with van der Waals surface area (Å²) in [4.78, 5) is 12.7. The van der Waals surface area contributed by atoms with Crippen molar-refractivity contribution in [3.63, 3.8) is 0 Å². The molecule has 0 heterocycles. The van der Waals surface area contributed by atoms with E-state index in [1.807, 2.05) is 37.2 Å². The molecule has 1 rings (SSSR count). The van der Waals surface area contributed by atoms with Crippen LogP contribution in [-0.2, 0) is 4.79 Å². The first-order chi connectivity index (χ1) is 8.41. The predicted molar refractivity (Wildman–Crippen MR) is 74.9 cm³/mol. The molecule has 0 spiro atoms. The third-order valence-electron chi connectivity index (χ3n) is 2.55. The van der Waals surface area contributed by atoms with E-state index in [2.05, 4.69) is 0 Å². The van der Waals surface area contributed by atoms with Gasteiger partial charge in [-0.1, -0.05) is 23.9 Å². The van der Waals surface area contributed by atoms with Crippen molar-refractivity contribution in [2.75, 3.05) is 24.7 Å².